The Bertz CT molecular complexity index is 929. The molecule has 0 saturated carbocycles. The summed E-state index contributed by atoms with van der Waals surface area (Å²) in [6.07, 6.45) is 2.17. The highest BCUT2D eigenvalue weighted by Crippen LogP contribution is 2.31. The number of rotatable bonds is 5. The zero-order valence-corrected chi connectivity index (χ0v) is 18.0. The van der Waals surface area contributed by atoms with Gasteiger partial charge in [0.1, 0.15) is 4.83 Å². The van der Waals surface area contributed by atoms with Crippen LogP contribution in [0, 0.1) is 12.8 Å². The van der Waals surface area contributed by atoms with Crippen molar-refractivity contribution >= 4 is 39.9 Å². The van der Waals surface area contributed by atoms with Crippen LogP contribution in [-0.4, -0.2) is 46.8 Å². The van der Waals surface area contributed by atoms with Crippen LogP contribution in [0.5, 0.6) is 0 Å². The molecule has 0 radical (unpaired) electrons. The van der Waals surface area contributed by atoms with Crippen LogP contribution >= 0.6 is 23.7 Å². The zero-order chi connectivity index (χ0) is 18.8. The van der Waals surface area contributed by atoms with E-state index in [-0.39, 0.29) is 18.3 Å². The van der Waals surface area contributed by atoms with E-state index in [0.717, 1.165) is 65.5 Å². The second-order valence-corrected chi connectivity index (χ2v) is 8.24. The van der Waals surface area contributed by atoms with Crippen molar-refractivity contribution in [2.24, 2.45) is 5.92 Å². The van der Waals surface area contributed by atoms with Gasteiger partial charge in [-0.15, -0.1) is 23.7 Å². The lowest BCUT2D eigenvalue weighted by molar-refractivity contribution is 0.0695. The molecule has 1 aromatic carbocycles. The van der Waals surface area contributed by atoms with Crippen molar-refractivity contribution < 1.29 is 4.79 Å². The van der Waals surface area contributed by atoms with Crippen LogP contribution in [0.4, 0.5) is 0 Å². The highest BCUT2D eigenvalue weighted by Gasteiger charge is 2.25. The van der Waals surface area contributed by atoms with Gasteiger partial charge in [-0.25, -0.2) is 4.68 Å². The summed E-state index contributed by atoms with van der Waals surface area (Å²) in [6, 6.07) is 12.1. The van der Waals surface area contributed by atoms with Gasteiger partial charge in [0.2, 0.25) is 0 Å². The van der Waals surface area contributed by atoms with E-state index in [0.29, 0.717) is 5.92 Å². The van der Waals surface area contributed by atoms with Gasteiger partial charge in [-0.2, -0.15) is 5.10 Å². The summed E-state index contributed by atoms with van der Waals surface area (Å²) in [4.78, 5) is 16.9. The number of hydrogen-bond donors (Lipinski definition) is 1. The number of likely N-dealkylation sites (tertiary alicyclic amines) is 1. The van der Waals surface area contributed by atoms with E-state index in [1.165, 1.54) is 0 Å². The Kier molecular flexibility index (Phi) is 6.75. The molecule has 4 rings (SSSR count). The van der Waals surface area contributed by atoms with E-state index in [1.54, 1.807) is 11.3 Å². The molecule has 5 nitrogen and oxygen atoms in total. The van der Waals surface area contributed by atoms with Gasteiger partial charge in [-0.3, -0.25) is 4.79 Å². The number of aryl methyl sites for hydroxylation is 1. The summed E-state index contributed by atoms with van der Waals surface area (Å²) in [5.74, 6) is 0.849. The van der Waals surface area contributed by atoms with Crippen LogP contribution in [0.25, 0.3) is 15.9 Å². The van der Waals surface area contributed by atoms with Crippen LogP contribution < -0.4 is 5.32 Å². The van der Waals surface area contributed by atoms with Crippen LogP contribution in [0.2, 0.25) is 0 Å². The number of para-hydroxylation sites is 1. The third kappa shape index (κ3) is 4.09. The third-order valence-electron chi connectivity index (χ3n) is 5.34. The number of aromatic nitrogens is 2. The maximum Gasteiger partial charge on any atom is 0.264 e. The maximum absolute atomic E-state index is 13.0. The molecule has 1 N–H and O–H groups in total. The average Bonchev–Trinajstić information content (AvgIpc) is 3.27. The Hall–Kier alpha value is -1.89. The highest BCUT2D eigenvalue weighted by molar-refractivity contribution is 7.20. The lowest BCUT2D eigenvalue weighted by atomic mass is 9.96. The fourth-order valence-corrected chi connectivity index (χ4v) is 4.89. The molecule has 0 atom stereocenters. The van der Waals surface area contributed by atoms with Crippen molar-refractivity contribution in [1.29, 1.82) is 0 Å². The van der Waals surface area contributed by atoms with Crippen LogP contribution in [-0.2, 0) is 0 Å². The standard InChI is InChI=1S/C21H26N4OS.ClH/c1-3-22-14-16-9-11-24(12-10-16)20(26)19-13-18-15(2)23-25(21(18)27-19)17-7-5-4-6-8-17;/h4-8,13,16,22H,3,9-12,14H2,1-2H3;1H. The predicted octanol–water partition coefficient (Wildman–Crippen LogP) is 4.28. The number of hydrogen-bond acceptors (Lipinski definition) is 4. The van der Waals surface area contributed by atoms with Crippen LogP contribution in [0.1, 0.15) is 35.1 Å². The Morgan fingerprint density at radius 1 is 1.25 bits per heavy atom. The minimum Gasteiger partial charge on any atom is -0.338 e. The number of piperidine rings is 1. The van der Waals surface area contributed by atoms with E-state index in [4.69, 9.17) is 0 Å². The molecule has 1 saturated heterocycles. The van der Waals surface area contributed by atoms with Crippen LogP contribution in [0.15, 0.2) is 36.4 Å². The van der Waals surface area contributed by atoms with Crippen molar-refractivity contribution in [3.8, 4) is 5.69 Å². The number of carbonyl (C=O) groups excluding carboxylic acids is 1. The molecule has 1 amide bonds. The van der Waals surface area contributed by atoms with Crippen molar-refractivity contribution in [1.82, 2.24) is 20.0 Å². The van der Waals surface area contributed by atoms with Crippen molar-refractivity contribution in [3.63, 3.8) is 0 Å². The highest BCUT2D eigenvalue weighted by atomic mass is 35.5. The second-order valence-electron chi connectivity index (χ2n) is 7.21. The van der Waals surface area contributed by atoms with Crippen LogP contribution in [0.3, 0.4) is 0 Å². The quantitative estimate of drug-likeness (QED) is 0.672. The smallest absolute Gasteiger partial charge is 0.264 e. The summed E-state index contributed by atoms with van der Waals surface area (Å²) >= 11 is 1.55. The minimum absolute atomic E-state index is 0. The normalized spacial score (nSPS) is 15.0. The Morgan fingerprint density at radius 3 is 2.64 bits per heavy atom. The monoisotopic (exact) mass is 418 g/mol. The molecule has 28 heavy (non-hydrogen) atoms. The molecule has 0 bridgehead atoms. The van der Waals surface area contributed by atoms with E-state index in [2.05, 4.69) is 17.3 Å². The Balaban J connectivity index is 0.00000225. The lowest BCUT2D eigenvalue weighted by Crippen LogP contribution is -2.40. The SMILES string of the molecule is CCNCC1CCN(C(=O)c2cc3c(C)nn(-c4ccccc4)c3s2)CC1.Cl. The molecule has 7 heteroatoms. The molecular formula is C21H27ClN4OS. The number of nitrogens with zero attached hydrogens (tertiary/aromatic N) is 3. The molecule has 1 aliphatic rings. The van der Waals surface area contributed by atoms with Gasteiger partial charge >= 0.3 is 0 Å². The van der Waals surface area contributed by atoms with E-state index >= 15 is 0 Å². The summed E-state index contributed by atoms with van der Waals surface area (Å²) in [7, 11) is 0. The number of amides is 1. The summed E-state index contributed by atoms with van der Waals surface area (Å²) in [5, 5.41) is 9.17. The van der Waals surface area contributed by atoms with Gasteiger partial charge in [0, 0.05) is 18.5 Å². The Morgan fingerprint density at radius 2 is 1.96 bits per heavy atom. The first-order chi connectivity index (χ1) is 13.2. The lowest BCUT2D eigenvalue weighted by Gasteiger charge is -2.31. The molecule has 0 aliphatic carbocycles. The molecule has 0 spiro atoms. The molecule has 0 unspecified atom stereocenters. The van der Waals surface area contributed by atoms with E-state index in [1.807, 2.05) is 52.9 Å². The fourth-order valence-electron chi connectivity index (χ4n) is 3.74. The number of nitrogens with one attached hydrogen (secondary N) is 1. The largest absolute Gasteiger partial charge is 0.338 e. The number of fused-ring (bicyclic) bond motifs is 1. The molecule has 150 valence electrons. The Labute approximate surface area is 176 Å². The average molecular weight is 419 g/mol. The summed E-state index contributed by atoms with van der Waals surface area (Å²) in [5.41, 5.74) is 1.99. The molecule has 3 aromatic rings. The van der Waals surface area contributed by atoms with E-state index < -0.39 is 0 Å². The fraction of sp³-hybridized carbons (Fsp3) is 0.429. The van der Waals surface area contributed by atoms with Crippen molar-refractivity contribution in [2.45, 2.75) is 26.7 Å². The molecular weight excluding hydrogens is 392 g/mol. The zero-order valence-electron chi connectivity index (χ0n) is 16.4. The van der Waals surface area contributed by atoms with Gasteiger partial charge < -0.3 is 10.2 Å². The van der Waals surface area contributed by atoms with Gasteiger partial charge in [-0.05, 0) is 57.0 Å². The predicted molar refractivity (Wildman–Crippen MR) is 118 cm³/mol. The second kappa shape index (κ2) is 9.07. The number of thiophene rings is 1. The first kappa shape index (κ1) is 20.8. The summed E-state index contributed by atoms with van der Waals surface area (Å²) < 4.78 is 1.95. The molecule has 2 aromatic heterocycles. The number of benzene rings is 1. The van der Waals surface area contributed by atoms with Gasteiger partial charge in [-0.1, -0.05) is 25.1 Å². The molecule has 1 aliphatic heterocycles. The topological polar surface area (TPSA) is 50.2 Å². The van der Waals surface area contributed by atoms with Gasteiger partial charge in [0.25, 0.3) is 5.91 Å². The van der Waals surface area contributed by atoms with Gasteiger partial charge in [0.15, 0.2) is 0 Å². The molecule has 3 heterocycles. The third-order valence-corrected chi connectivity index (χ3v) is 6.44. The number of halogens is 1. The first-order valence-corrected chi connectivity index (χ1v) is 10.5. The van der Waals surface area contributed by atoms with Gasteiger partial charge in [0.05, 0.1) is 16.3 Å². The van der Waals surface area contributed by atoms with E-state index in [9.17, 15) is 4.79 Å². The number of carbonyl (C=O) groups is 1. The minimum atomic E-state index is 0. The van der Waals surface area contributed by atoms with Crippen molar-refractivity contribution in [3.05, 3.63) is 47.0 Å². The first-order valence-electron chi connectivity index (χ1n) is 9.72. The maximum atomic E-state index is 13.0. The summed E-state index contributed by atoms with van der Waals surface area (Å²) in [6.45, 7) is 7.93. The van der Waals surface area contributed by atoms with Crippen molar-refractivity contribution in [2.75, 3.05) is 26.2 Å². The molecule has 1 fully saturated rings.